The molecule has 0 spiro atoms. The zero-order chi connectivity index (χ0) is 18.2. The number of para-hydroxylation sites is 1. The summed E-state index contributed by atoms with van der Waals surface area (Å²) in [5.41, 5.74) is 6.40. The second-order valence-corrected chi connectivity index (χ2v) is 8.33. The molecule has 2 aromatic rings. The highest BCUT2D eigenvalue weighted by molar-refractivity contribution is 5.80. The van der Waals surface area contributed by atoms with Crippen LogP contribution < -0.4 is 4.90 Å². The van der Waals surface area contributed by atoms with Crippen LogP contribution >= 0.6 is 0 Å². The molecule has 0 saturated carbocycles. The third kappa shape index (κ3) is 3.26. The summed E-state index contributed by atoms with van der Waals surface area (Å²) in [4.78, 5) is 6.90. The van der Waals surface area contributed by atoms with Gasteiger partial charge >= 0.3 is 0 Å². The summed E-state index contributed by atoms with van der Waals surface area (Å²) in [5.74, 6) is 0. The van der Waals surface area contributed by atoms with Crippen LogP contribution in [-0.4, -0.2) is 13.3 Å². The lowest BCUT2D eigenvalue weighted by Crippen LogP contribution is -2.23. The third-order valence-corrected chi connectivity index (χ3v) is 5.13. The van der Waals surface area contributed by atoms with Gasteiger partial charge in [-0.1, -0.05) is 65.0 Å². The van der Waals surface area contributed by atoms with Crippen molar-refractivity contribution in [2.24, 2.45) is 4.99 Å². The van der Waals surface area contributed by atoms with Crippen molar-refractivity contribution >= 4 is 17.6 Å². The first-order chi connectivity index (χ1) is 11.7. The molecule has 1 aliphatic rings. The van der Waals surface area contributed by atoms with Crippen LogP contribution in [-0.2, 0) is 10.8 Å². The van der Waals surface area contributed by atoms with E-state index < -0.39 is 0 Å². The number of allylic oxidation sites excluding steroid dienone is 2. The molecule has 0 amide bonds. The summed E-state index contributed by atoms with van der Waals surface area (Å²) in [6, 6.07) is 17.1. The Kier molecular flexibility index (Phi) is 4.32. The molecule has 2 heteroatoms. The third-order valence-electron chi connectivity index (χ3n) is 5.13. The summed E-state index contributed by atoms with van der Waals surface area (Å²) in [5, 5.41) is 0. The Morgan fingerprint density at radius 2 is 1.60 bits per heavy atom. The Balaban J connectivity index is 1.84. The Bertz CT molecular complexity index is 818. The van der Waals surface area contributed by atoms with Crippen molar-refractivity contribution < 1.29 is 0 Å². The molecule has 0 aliphatic carbocycles. The van der Waals surface area contributed by atoms with Gasteiger partial charge in [0.15, 0.2) is 0 Å². The van der Waals surface area contributed by atoms with E-state index in [-0.39, 0.29) is 10.8 Å². The molecule has 2 aromatic carbocycles. The van der Waals surface area contributed by atoms with E-state index in [1.165, 1.54) is 22.5 Å². The van der Waals surface area contributed by atoms with Crippen LogP contribution in [0.1, 0.15) is 45.7 Å². The van der Waals surface area contributed by atoms with Crippen LogP contribution in [0.5, 0.6) is 0 Å². The minimum absolute atomic E-state index is 0.00649. The van der Waals surface area contributed by atoms with Gasteiger partial charge in [0, 0.05) is 30.1 Å². The van der Waals surface area contributed by atoms with Gasteiger partial charge in [0.1, 0.15) is 0 Å². The molecule has 0 N–H and O–H groups in total. The van der Waals surface area contributed by atoms with E-state index in [9.17, 15) is 0 Å². The first-order valence-corrected chi connectivity index (χ1v) is 8.90. The van der Waals surface area contributed by atoms with E-state index in [0.29, 0.717) is 0 Å². The van der Waals surface area contributed by atoms with Crippen LogP contribution in [0.2, 0.25) is 0 Å². The van der Waals surface area contributed by atoms with Gasteiger partial charge in [0.05, 0.1) is 5.69 Å². The van der Waals surface area contributed by atoms with Crippen LogP contribution in [0.4, 0.5) is 11.4 Å². The molecule has 0 radical (unpaired) electrons. The Morgan fingerprint density at radius 3 is 2.20 bits per heavy atom. The number of anilines is 1. The van der Waals surface area contributed by atoms with Crippen molar-refractivity contribution in [3.8, 4) is 0 Å². The Morgan fingerprint density at radius 1 is 0.960 bits per heavy atom. The van der Waals surface area contributed by atoms with E-state index in [4.69, 9.17) is 0 Å². The maximum atomic E-state index is 4.63. The van der Waals surface area contributed by atoms with Gasteiger partial charge in [-0.15, -0.1) is 0 Å². The van der Waals surface area contributed by atoms with E-state index in [2.05, 4.69) is 106 Å². The molecule has 0 fully saturated rings. The zero-order valence-electron chi connectivity index (χ0n) is 16.2. The van der Waals surface area contributed by atoms with Crippen LogP contribution in [0.25, 0.3) is 0 Å². The molecule has 0 saturated heterocycles. The standard InChI is InChI=1S/C23H28N2/c1-22(2,3)17-11-13-18(14-12-17)24-16-15-21-23(4,5)19-9-7-8-10-20(19)25(21)6/h7-16H,1-6H3/b21-15+,24-16?. The largest absolute Gasteiger partial charge is 0.347 e. The van der Waals surface area contributed by atoms with Gasteiger partial charge in [0.2, 0.25) is 0 Å². The number of likely N-dealkylation sites (N-methyl/N-ethyl adjacent to an activating group) is 1. The quantitative estimate of drug-likeness (QED) is 0.616. The van der Waals surface area contributed by atoms with Gasteiger partial charge in [-0.25, -0.2) is 0 Å². The SMILES string of the molecule is CN1/C(=C/C=Nc2ccc(C(C)(C)C)cc2)C(C)(C)c2ccccc21. The molecule has 2 nitrogen and oxygen atoms in total. The first-order valence-electron chi connectivity index (χ1n) is 8.90. The Hall–Kier alpha value is -2.35. The number of fused-ring (bicyclic) bond motifs is 1. The number of aliphatic imine (C=N–C) groups is 1. The summed E-state index contributed by atoms with van der Waals surface area (Å²) in [6.07, 6.45) is 4.06. The maximum Gasteiger partial charge on any atom is 0.0629 e. The van der Waals surface area contributed by atoms with Crippen LogP contribution in [0.3, 0.4) is 0 Å². The van der Waals surface area contributed by atoms with Gasteiger partial charge in [-0.3, -0.25) is 4.99 Å². The predicted octanol–water partition coefficient (Wildman–Crippen LogP) is 6.00. The fraction of sp³-hybridized carbons (Fsp3) is 0.348. The van der Waals surface area contributed by atoms with Crippen molar-refractivity contribution in [3.05, 3.63) is 71.4 Å². The maximum absolute atomic E-state index is 4.63. The topological polar surface area (TPSA) is 15.6 Å². The number of rotatable bonds is 2. The fourth-order valence-electron chi connectivity index (χ4n) is 3.54. The number of hydrogen-bond acceptors (Lipinski definition) is 2. The summed E-state index contributed by atoms with van der Waals surface area (Å²) in [7, 11) is 2.13. The van der Waals surface area contributed by atoms with E-state index in [1.807, 2.05) is 6.21 Å². The minimum atomic E-state index is -0.00649. The lowest BCUT2D eigenvalue weighted by atomic mass is 9.84. The number of benzene rings is 2. The molecule has 1 aliphatic heterocycles. The molecular formula is C23H28N2. The lowest BCUT2D eigenvalue weighted by Gasteiger charge is -2.23. The molecule has 0 atom stereocenters. The van der Waals surface area contributed by atoms with Crippen molar-refractivity contribution in [1.29, 1.82) is 0 Å². The average molecular weight is 332 g/mol. The minimum Gasteiger partial charge on any atom is -0.347 e. The van der Waals surface area contributed by atoms with Crippen molar-refractivity contribution in [2.45, 2.75) is 45.4 Å². The fourth-order valence-corrected chi connectivity index (χ4v) is 3.54. The summed E-state index contributed by atoms with van der Waals surface area (Å²) >= 11 is 0. The predicted molar refractivity (Wildman–Crippen MR) is 109 cm³/mol. The van der Waals surface area contributed by atoms with Gasteiger partial charge in [-0.2, -0.15) is 0 Å². The molecule has 0 aromatic heterocycles. The van der Waals surface area contributed by atoms with Gasteiger partial charge in [-0.05, 0) is 40.8 Å². The summed E-state index contributed by atoms with van der Waals surface area (Å²) < 4.78 is 0. The molecular weight excluding hydrogens is 304 g/mol. The molecule has 1 heterocycles. The highest BCUT2D eigenvalue weighted by Crippen LogP contribution is 2.46. The monoisotopic (exact) mass is 332 g/mol. The summed E-state index contributed by atoms with van der Waals surface area (Å²) in [6.45, 7) is 11.2. The highest BCUT2D eigenvalue weighted by atomic mass is 15.2. The van der Waals surface area contributed by atoms with Crippen LogP contribution in [0, 0.1) is 0 Å². The van der Waals surface area contributed by atoms with Crippen molar-refractivity contribution in [1.82, 2.24) is 0 Å². The van der Waals surface area contributed by atoms with E-state index in [1.54, 1.807) is 0 Å². The smallest absolute Gasteiger partial charge is 0.0629 e. The van der Waals surface area contributed by atoms with Gasteiger partial charge in [0.25, 0.3) is 0 Å². The van der Waals surface area contributed by atoms with E-state index >= 15 is 0 Å². The molecule has 130 valence electrons. The first kappa shape index (κ1) is 17.5. The van der Waals surface area contributed by atoms with Crippen LogP contribution in [0.15, 0.2) is 65.3 Å². The van der Waals surface area contributed by atoms with Crippen molar-refractivity contribution in [2.75, 3.05) is 11.9 Å². The highest BCUT2D eigenvalue weighted by Gasteiger charge is 2.37. The number of hydrogen-bond donors (Lipinski definition) is 0. The second kappa shape index (κ2) is 6.18. The molecule has 3 rings (SSSR count). The normalized spacial score (nSPS) is 18.2. The zero-order valence-corrected chi connectivity index (χ0v) is 16.2. The molecule has 0 bridgehead atoms. The number of nitrogens with zero attached hydrogens (tertiary/aromatic N) is 2. The molecule has 25 heavy (non-hydrogen) atoms. The van der Waals surface area contributed by atoms with Gasteiger partial charge < -0.3 is 4.90 Å². The second-order valence-electron chi connectivity index (χ2n) is 8.33. The lowest BCUT2D eigenvalue weighted by molar-refractivity contribution is 0.590. The van der Waals surface area contributed by atoms with E-state index in [0.717, 1.165) is 5.69 Å². The Labute approximate surface area is 151 Å². The average Bonchev–Trinajstić information content (AvgIpc) is 2.76. The molecule has 0 unspecified atom stereocenters. The van der Waals surface area contributed by atoms with Crippen molar-refractivity contribution in [3.63, 3.8) is 0 Å².